The lowest BCUT2D eigenvalue weighted by molar-refractivity contribution is 0.0929. The molecule has 0 radical (unpaired) electrons. The molecule has 0 unspecified atom stereocenters. The van der Waals surface area contributed by atoms with Crippen LogP contribution in [0.2, 0.25) is 0 Å². The average Bonchev–Trinajstić information content (AvgIpc) is 2.79. The van der Waals surface area contributed by atoms with Crippen LogP contribution in [-0.4, -0.2) is 38.8 Å². The molecule has 30 heavy (non-hydrogen) atoms. The highest BCUT2D eigenvalue weighted by molar-refractivity contribution is 7.89. The zero-order chi connectivity index (χ0) is 21.1. The normalized spacial score (nSPS) is 19.7. The maximum absolute atomic E-state index is 13.2. The van der Waals surface area contributed by atoms with E-state index in [-0.39, 0.29) is 22.4 Å². The van der Waals surface area contributed by atoms with Crippen LogP contribution in [0.5, 0.6) is 5.75 Å². The first-order chi connectivity index (χ1) is 14.5. The number of carbonyl (C=O) groups is 1. The SMILES string of the molecule is COc1ccc(S(=O)(=O)N2CCCCC2)cc1C(=O)N[C@H]1CCCc2ccccc21. The third kappa shape index (κ3) is 4.09. The number of hydrogen-bond donors (Lipinski definition) is 1. The minimum Gasteiger partial charge on any atom is -0.496 e. The molecule has 6 nitrogen and oxygen atoms in total. The van der Waals surface area contributed by atoms with Crippen LogP contribution in [0.4, 0.5) is 0 Å². The van der Waals surface area contributed by atoms with Crippen LogP contribution in [0.15, 0.2) is 47.4 Å². The topological polar surface area (TPSA) is 75.7 Å². The Labute approximate surface area is 178 Å². The molecule has 1 heterocycles. The van der Waals surface area contributed by atoms with Crippen LogP contribution in [0.3, 0.4) is 0 Å². The molecule has 0 saturated carbocycles. The van der Waals surface area contributed by atoms with Crippen LogP contribution in [-0.2, 0) is 16.4 Å². The summed E-state index contributed by atoms with van der Waals surface area (Å²) in [7, 11) is -2.14. The molecule has 2 aromatic carbocycles. The summed E-state index contributed by atoms with van der Waals surface area (Å²) in [6, 6.07) is 12.6. The molecule has 2 aromatic rings. The van der Waals surface area contributed by atoms with Crippen molar-refractivity contribution in [1.82, 2.24) is 9.62 Å². The largest absolute Gasteiger partial charge is 0.496 e. The van der Waals surface area contributed by atoms with E-state index in [1.165, 1.54) is 29.1 Å². The highest BCUT2D eigenvalue weighted by atomic mass is 32.2. The number of carbonyl (C=O) groups excluding carboxylic acids is 1. The number of nitrogens with zero attached hydrogens (tertiary/aromatic N) is 1. The fourth-order valence-corrected chi connectivity index (χ4v) is 5.96. The fraction of sp³-hybridized carbons (Fsp3) is 0.435. The molecule has 7 heteroatoms. The highest BCUT2D eigenvalue weighted by Crippen LogP contribution is 2.31. The molecule has 1 atom stereocenters. The number of hydrogen-bond acceptors (Lipinski definition) is 4. The predicted molar refractivity (Wildman–Crippen MR) is 115 cm³/mol. The van der Waals surface area contributed by atoms with E-state index in [9.17, 15) is 13.2 Å². The second-order valence-corrected chi connectivity index (χ2v) is 9.88. The summed E-state index contributed by atoms with van der Waals surface area (Å²) in [5.74, 6) is 0.0541. The van der Waals surface area contributed by atoms with Crippen molar-refractivity contribution in [3.05, 3.63) is 59.2 Å². The van der Waals surface area contributed by atoms with Crippen LogP contribution < -0.4 is 10.1 Å². The van der Waals surface area contributed by atoms with E-state index < -0.39 is 10.0 Å². The number of sulfonamides is 1. The number of methoxy groups -OCH3 is 1. The number of nitrogens with one attached hydrogen (secondary N) is 1. The molecule has 1 saturated heterocycles. The van der Waals surface area contributed by atoms with Gasteiger partial charge in [-0.2, -0.15) is 4.31 Å². The lowest BCUT2D eigenvalue weighted by Crippen LogP contribution is -2.36. The van der Waals surface area contributed by atoms with E-state index in [1.807, 2.05) is 18.2 Å². The molecule has 1 aliphatic heterocycles. The van der Waals surface area contributed by atoms with Gasteiger partial charge in [0.1, 0.15) is 5.75 Å². The van der Waals surface area contributed by atoms with E-state index in [1.54, 1.807) is 6.07 Å². The maximum Gasteiger partial charge on any atom is 0.255 e. The van der Waals surface area contributed by atoms with Gasteiger partial charge in [0, 0.05) is 13.1 Å². The molecule has 160 valence electrons. The number of amides is 1. The van der Waals surface area contributed by atoms with Crippen LogP contribution >= 0.6 is 0 Å². The molecular weight excluding hydrogens is 400 g/mol. The number of ether oxygens (including phenoxy) is 1. The lowest BCUT2D eigenvalue weighted by Gasteiger charge is -2.27. The molecule has 1 N–H and O–H groups in total. The Morgan fingerprint density at radius 2 is 1.83 bits per heavy atom. The predicted octanol–water partition coefficient (Wildman–Crippen LogP) is 3.68. The molecule has 2 aliphatic rings. The van der Waals surface area contributed by atoms with Crippen molar-refractivity contribution < 1.29 is 17.9 Å². The zero-order valence-corrected chi connectivity index (χ0v) is 18.1. The Kier molecular flexibility index (Phi) is 6.11. The first-order valence-electron chi connectivity index (χ1n) is 10.6. The summed E-state index contributed by atoms with van der Waals surface area (Å²) >= 11 is 0. The number of benzene rings is 2. The Hall–Kier alpha value is -2.38. The van der Waals surface area contributed by atoms with Gasteiger partial charge in [0.25, 0.3) is 5.91 Å². The molecule has 1 amide bonds. The first-order valence-corrected chi connectivity index (χ1v) is 12.0. The van der Waals surface area contributed by atoms with E-state index in [0.717, 1.165) is 44.1 Å². The minimum atomic E-state index is -3.63. The third-order valence-corrected chi connectivity index (χ3v) is 7.94. The number of piperidine rings is 1. The van der Waals surface area contributed by atoms with E-state index in [4.69, 9.17) is 4.74 Å². The van der Waals surface area contributed by atoms with Crippen molar-refractivity contribution in [3.8, 4) is 5.75 Å². The maximum atomic E-state index is 13.2. The monoisotopic (exact) mass is 428 g/mol. The van der Waals surface area contributed by atoms with Crippen LogP contribution in [0.1, 0.15) is 59.6 Å². The summed E-state index contributed by atoms with van der Waals surface area (Å²) < 4.78 is 33.0. The smallest absolute Gasteiger partial charge is 0.255 e. The molecule has 4 rings (SSSR count). The standard InChI is InChI=1S/C23H28N2O4S/c1-29-22-13-12-18(30(27,28)25-14-5-2-6-15-25)16-20(22)23(26)24-21-11-7-9-17-8-3-4-10-19(17)21/h3-4,8,10,12-13,16,21H,2,5-7,9,11,14-15H2,1H3,(H,24,26)/t21-/m0/s1. The van der Waals surface area contributed by atoms with Gasteiger partial charge in [-0.15, -0.1) is 0 Å². The summed E-state index contributed by atoms with van der Waals surface area (Å²) in [6.45, 7) is 1.05. The van der Waals surface area contributed by atoms with E-state index >= 15 is 0 Å². The molecule has 1 fully saturated rings. The van der Waals surface area contributed by atoms with Crippen molar-refractivity contribution in [2.75, 3.05) is 20.2 Å². The van der Waals surface area contributed by atoms with E-state index in [2.05, 4.69) is 11.4 Å². The first kappa shape index (κ1) is 20.9. The molecule has 0 spiro atoms. The summed E-state index contributed by atoms with van der Waals surface area (Å²) in [6.07, 6.45) is 5.65. The van der Waals surface area contributed by atoms with Gasteiger partial charge in [-0.1, -0.05) is 30.7 Å². The van der Waals surface area contributed by atoms with Crippen molar-refractivity contribution in [2.45, 2.75) is 49.5 Å². The van der Waals surface area contributed by atoms with E-state index in [0.29, 0.717) is 18.8 Å². The van der Waals surface area contributed by atoms with Gasteiger partial charge in [-0.05, 0) is 61.4 Å². The summed E-state index contributed by atoms with van der Waals surface area (Å²) in [5, 5.41) is 3.10. The van der Waals surface area contributed by atoms with Gasteiger partial charge in [-0.25, -0.2) is 8.42 Å². The third-order valence-electron chi connectivity index (χ3n) is 6.04. The van der Waals surface area contributed by atoms with Crippen molar-refractivity contribution in [3.63, 3.8) is 0 Å². The Bertz CT molecular complexity index is 1030. The number of fused-ring (bicyclic) bond motifs is 1. The van der Waals surface area contributed by atoms with Gasteiger partial charge >= 0.3 is 0 Å². The van der Waals surface area contributed by atoms with Gasteiger partial charge < -0.3 is 10.1 Å². The second kappa shape index (κ2) is 8.78. The van der Waals surface area contributed by atoms with Crippen molar-refractivity contribution in [2.24, 2.45) is 0 Å². The molecule has 0 aromatic heterocycles. The summed E-state index contributed by atoms with van der Waals surface area (Å²) in [5.41, 5.74) is 2.63. The Morgan fingerprint density at radius 1 is 1.07 bits per heavy atom. The molecule has 0 bridgehead atoms. The van der Waals surface area contributed by atoms with Gasteiger partial charge in [0.15, 0.2) is 0 Å². The van der Waals surface area contributed by atoms with Gasteiger partial charge in [0.05, 0.1) is 23.6 Å². The lowest BCUT2D eigenvalue weighted by atomic mass is 9.87. The quantitative estimate of drug-likeness (QED) is 0.788. The van der Waals surface area contributed by atoms with Crippen molar-refractivity contribution >= 4 is 15.9 Å². The number of aryl methyl sites for hydroxylation is 1. The fourth-order valence-electron chi connectivity index (χ4n) is 4.42. The minimum absolute atomic E-state index is 0.0884. The van der Waals surface area contributed by atoms with Crippen LogP contribution in [0, 0.1) is 0 Å². The van der Waals surface area contributed by atoms with Gasteiger partial charge in [-0.3, -0.25) is 4.79 Å². The second-order valence-electron chi connectivity index (χ2n) is 7.94. The Morgan fingerprint density at radius 3 is 2.60 bits per heavy atom. The average molecular weight is 429 g/mol. The van der Waals surface area contributed by atoms with Crippen molar-refractivity contribution in [1.29, 1.82) is 0 Å². The van der Waals surface area contributed by atoms with Gasteiger partial charge in [0.2, 0.25) is 10.0 Å². The highest BCUT2D eigenvalue weighted by Gasteiger charge is 2.29. The number of rotatable bonds is 5. The van der Waals surface area contributed by atoms with Crippen LogP contribution in [0.25, 0.3) is 0 Å². The molecular formula is C23H28N2O4S. The zero-order valence-electron chi connectivity index (χ0n) is 17.3. The Balaban J connectivity index is 1.62. The molecule has 1 aliphatic carbocycles. The summed E-state index contributed by atoms with van der Waals surface area (Å²) in [4.78, 5) is 13.3.